The molecule has 0 bridgehead atoms. The Bertz CT molecular complexity index is 206. The fraction of sp³-hybridized carbons (Fsp3) is 0.500. The summed E-state index contributed by atoms with van der Waals surface area (Å²) in [7, 11) is 2.52. The van der Waals surface area contributed by atoms with Gasteiger partial charge in [-0.15, -0.1) is 0 Å². The van der Waals surface area contributed by atoms with Crippen LogP contribution in [0.1, 0.15) is 0 Å². The molecule has 0 aromatic carbocycles. The van der Waals surface area contributed by atoms with Gasteiger partial charge in [0.2, 0.25) is 0 Å². The van der Waals surface area contributed by atoms with Crippen LogP contribution >= 0.6 is 0 Å². The summed E-state index contributed by atoms with van der Waals surface area (Å²) in [5, 5.41) is 0. The van der Waals surface area contributed by atoms with E-state index in [0.717, 1.165) is 4.90 Å². The van der Waals surface area contributed by atoms with Gasteiger partial charge < -0.3 is 4.90 Å². The molecule has 0 aromatic rings. The third-order valence-corrected chi connectivity index (χ3v) is 0.904. The van der Waals surface area contributed by atoms with E-state index in [4.69, 9.17) is 0 Å². The Kier molecular flexibility index (Phi) is 3.24. The van der Waals surface area contributed by atoms with Gasteiger partial charge in [-0.05, 0) is 0 Å². The number of hydrogen-bond acceptors (Lipinski definition) is 2. The number of alkyl halides is 3. The smallest absolute Gasteiger partial charge is 0.383 e. The molecular formula is C6H7F4NO. The minimum absolute atomic E-state index is 0.391. The van der Waals surface area contributed by atoms with Crippen molar-refractivity contribution in [3.05, 3.63) is 11.8 Å². The molecule has 0 atom stereocenters. The highest BCUT2D eigenvalue weighted by molar-refractivity contribution is 5.88. The van der Waals surface area contributed by atoms with E-state index in [9.17, 15) is 22.4 Å². The lowest BCUT2D eigenvalue weighted by Gasteiger charge is -2.10. The van der Waals surface area contributed by atoms with Crippen LogP contribution < -0.4 is 0 Å². The molecule has 2 nitrogen and oxygen atoms in total. The Labute approximate surface area is 66.5 Å². The first-order valence-corrected chi connectivity index (χ1v) is 2.90. The van der Waals surface area contributed by atoms with Crippen molar-refractivity contribution < 1.29 is 22.4 Å². The summed E-state index contributed by atoms with van der Waals surface area (Å²) in [6, 6.07) is -2.48. The molecule has 0 unspecified atom stereocenters. The Morgan fingerprint density at radius 1 is 1.33 bits per heavy atom. The largest absolute Gasteiger partial charge is 0.423 e. The summed E-state index contributed by atoms with van der Waals surface area (Å²) in [4.78, 5) is 10.8. The van der Waals surface area contributed by atoms with Gasteiger partial charge in [0.15, 0.2) is 0 Å². The Morgan fingerprint density at radius 2 is 1.75 bits per heavy atom. The van der Waals surface area contributed by atoms with E-state index < -0.39 is 17.8 Å². The summed E-state index contributed by atoms with van der Waals surface area (Å²) >= 11 is 0. The average molecular weight is 185 g/mol. The number of carbonyl (C=O) groups is 1. The normalized spacial score (nSPS) is 13.0. The van der Waals surface area contributed by atoms with Crippen molar-refractivity contribution >= 4 is 6.04 Å². The predicted octanol–water partition coefficient (Wildman–Crippen LogP) is 1.49. The van der Waals surface area contributed by atoms with Gasteiger partial charge >= 0.3 is 12.2 Å². The molecule has 0 saturated heterocycles. The van der Waals surface area contributed by atoms with Gasteiger partial charge in [0, 0.05) is 20.3 Å². The van der Waals surface area contributed by atoms with Crippen molar-refractivity contribution in [1.82, 2.24) is 4.90 Å². The molecule has 6 heteroatoms. The molecule has 0 aromatic heterocycles. The van der Waals surface area contributed by atoms with Gasteiger partial charge in [-0.3, -0.25) is 4.79 Å². The highest BCUT2D eigenvalue weighted by Crippen LogP contribution is 2.26. The summed E-state index contributed by atoms with van der Waals surface area (Å²) in [6.07, 6.45) is -4.54. The molecule has 12 heavy (non-hydrogen) atoms. The summed E-state index contributed by atoms with van der Waals surface area (Å²) < 4.78 is 47.1. The molecule has 0 aliphatic rings. The van der Waals surface area contributed by atoms with Crippen LogP contribution in [0.2, 0.25) is 0 Å². The number of rotatable bonds is 2. The van der Waals surface area contributed by atoms with Crippen LogP contribution in [0, 0.1) is 0 Å². The van der Waals surface area contributed by atoms with E-state index in [2.05, 4.69) is 0 Å². The van der Waals surface area contributed by atoms with E-state index in [1.54, 1.807) is 0 Å². The molecule has 70 valence electrons. The molecule has 0 saturated carbocycles. The second-order valence-corrected chi connectivity index (χ2v) is 2.28. The molecule has 0 amide bonds. The van der Waals surface area contributed by atoms with Crippen molar-refractivity contribution in [2.24, 2.45) is 0 Å². The van der Waals surface area contributed by atoms with Crippen LogP contribution in [-0.4, -0.2) is 31.2 Å². The van der Waals surface area contributed by atoms with Crippen molar-refractivity contribution in [3.8, 4) is 0 Å². The summed E-state index contributed by atoms with van der Waals surface area (Å²) in [5.41, 5.74) is -1.80. The molecular weight excluding hydrogens is 178 g/mol. The van der Waals surface area contributed by atoms with Crippen LogP contribution in [0.5, 0.6) is 0 Å². The zero-order chi connectivity index (χ0) is 9.94. The highest BCUT2D eigenvalue weighted by atomic mass is 19.4. The quantitative estimate of drug-likeness (QED) is 0.369. The van der Waals surface area contributed by atoms with Crippen molar-refractivity contribution in [2.45, 2.75) is 6.18 Å². The minimum atomic E-state index is -4.93. The van der Waals surface area contributed by atoms with Crippen LogP contribution in [0.25, 0.3) is 0 Å². The Morgan fingerprint density at radius 3 is 1.83 bits per heavy atom. The summed E-state index contributed by atoms with van der Waals surface area (Å²) in [6.45, 7) is 0. The second-order valence-electron chi connectivity index (χ2n) is 2.28. The van der Waals surface area contributed by atoms with Crippen LogP contribution in [-0.2, 0) is 4.79 Å². The predicted molar refractivity (Wildman–Crippen MR) is 33.9 cm³/mol. The molecule has 0 N–H and O–H groups in total. The van der Waals surface area contributed by atoms with E-state index in [1.165, 1.54) is 14.1 Å². The minimum Gasteiger partial charge on any atom is -0.383 e. The number of hydrogen-bond donors (Lipinski definition) is 0. The second kappa shape index (κ2) is 3.55. The van der Waals surface area contributed by atoms with E-state index in [1.807, 2.05) is 0 Å². The topological polar surface area (TPSA) is 20.3 Å². The maximum atomic E-state index is 11.8. The average Bonchev–Trinajstić information content (AvgIpc) is 1.79. The van der Waals surface area contributed by atoms with Crippen molar-refractivity contribution in [2.75, 3.05) is 14.1 Å². The fourth-order valence-electron chi connectivity index (χ4n) is 0.494. The van der Waals surface area contributed by atoms with Gasteiger partial charge in [-0.1, -0.05) is 0 Å². The molecule has 0 aliphatic heterocycles. The van der Waals surface area contributed by atoms with E-state index in [-0.39, 0.29) is 0 Å². The van der Waals surface area contributed by atoms with Gasteiger partial charge in [-0.25, -0.2) is 0 Å². The molecule has 0 fully saturated rings. The highest BCUT2D eigenvalue weighted by Gasteiger charge is 2.39. The first-order valence-electron chi connectivity index (χ1n) is 2.90. The van der Waals surface area contributed by atoms with Crippen molar-refractivity contribution in [3.63, 3.8) is 0 Å². The zero-order valence-corrected chi connectivity index (χ0v) is 6.44. The monoisotopic (exact) mass is 185 g/mol. The van der Waals surface area contributed by atoms with Gasteiger partial charge in [0.05, 0.1) is 0 Å². The maximum Gasteiger partial charge on any atom is 0.423 e. The molecule has 0 radical (unpaired) electrons. The Balaban J connectivity index is 4.81. The summed E-state index contributed by atoms with van der Waals surface area (Å²) in [5.74, 6) is 0. The number of nitrogens with zero attached hydrogens (tertiary/aromatic N) is 1. The molecule has 0 rings (SSSR count). The lowest BCUT2D eigenvalue weighted by atomic mass is 10.3. The zero-order valence-electron chi connectivity index (χ0n) is 6.44. The van der Waals surface area contributed by atoms with E-state index >= 15 is 0 Å². The van der Waals surface area contributed by atoms with E-state index in [0.29, 0.717) is 6.20 Å². The van der Waals surface area contributed by atoms with Crippen LogP contribution in [0.15, 0.2) is 11.8 Å². The third kappa shape index (κ3) is 3.36. The lowest BCUT2D eigenvalue weighted by Crippen LogP contribution is -2.20. The third-order valence-electron chi connectivity index (χ3n) is 0.904. The number of allylic oxidation sites excluding steroid dienone is 1. The lowest BCUT2D eigenvalue weighted by molar-refractivity contribution is -0.138. The molecule has 0 spiro atoms. The number of halogens is 4. The first kappa shape index (κ1) is 10.9. The van der Waals surface area contributed by atoms with Crippen LogP contribution in [0.3, 0.4) is 0 Å². The van der Waals surface area contributed by atoms with Gasteiger partial charge in [0.25, 0.3) is 0 Å². The maximum absolute atomic E-state index is 11.8. The Hall–Kier alpha value is -1.07. The fourth-order valence-corrected chi connectivity index (χ4v) is 0.494. The molecule has 0 heterocycles. The molecule has 0 aliphatic carbocycles. The van der Waals surface area contributed by atoms with Crippen molar-refractivity contribution in [1.29, 1.82) is 0 Å². The SMILES string of the molecule is CN(C)/C=C(/C(=O)F)C(F)(F)F. The van der Waals surface area contributed by atoms with Crippen LogP contribution in [0.4, 0.5) is 17.6 Å². The first-order chi connectivity index (χ1) is 5.25. The number of carbonyl (C=O) groups excluding carboxylic acids is 1. The standard InChI is InChI=1S/C6H7F4NO/c1-11(2)3-4(5(7)12)6(8,9)10/h3H,1-2H3/b4-3-. The van der Waals surface area contributed by atoms with Gasteiger partial charge in [0.1, 0.15) is 5.57 Å². The van der Waals surface area contributed by atoms with Gasteiger partial charge in [-0.2, -0.15) is 17.6 Å².